The number of methoxy groups -OCH3 is 2. The fourth-order valence-corrected chi connectivity index (χ4v) is 4.15. The first-order valence-corrected chi connectivity index (χ1v) is 9.63. The van der Waals surface area contributed by atoms with Crippen LogP contribution in [-0.2, 0) is 0 Å². The molecule has 0 unspecified atom stereocenters. The van der Waals surface area contributed by atoms with E-state index < -0.39 is 0 Å². The van der Waals surface area contributed by atoms with Crippen LogP contribution in [-0.4, -0.2) is 20.0 Å². The topological polar surface area (TPSA) is 35.5 Å². The third-order valence-electron chi connectivity index (χ3n) is 6.08. The Kier molecular flexibility index (Phi) is 4.71. The number of hydrogen-bond acceptors (Lipinski definition) is 3. The third-order valence-corrected chi connectivity index (χ3v) is 6.08. The van der Waals surface area contributed by atoms with Crippen LogP contribution in [0.3, 0.4) is 0 Å². The second-order valence-corrected chi connectivity index (χ2v) is 7.44. The van der Waals surface area contributed by atoms with Crippen molar-refractivity contribution in [2.24, 2.45) is 0 Å². The summed E-state index contributed by atoms with van der Waals surface area (Å²) in [5.41, 5.74) is 3.61. The molecule has 0 heterocycles. The van der Waals surface area contributed by atoms with Gasteiger partial charge in [0.25, 0.3) is 0 Å². The average Bonchev–Trinajstić information content (AvgIpc) is 2.58. The molecule has 2 aromatic carbocycles. The van der Waals surface area contributed by atoms with Crippen LogP contribution in [0.25, 0.3) is 0 Å². The van der Waals surface area contributed by atoms with E-state index in [1.165, 1.54) is 49.7 Å². The fraction of sp³-hybridized carbons (Fsp3) is 0.435. The monoisotopic (exact) mass is 350 g/mol. The predicted octanol–water partition coefficient (Wildman–Crippen LogP) is 5.47. The largest absolute Gasteiger partial charge is 0.496 e. The Morgan fingerprint density at radius 3 is 1.50 bits per heavy atom. The van der Waals surface area contributed by atoms with Crippen molar-refractivity contribution in [2.45, 2.75) is 50.4 Å². The summed E-state index contributed by atoms with van der Waals surface area (Å²) in [6.45, 7) is 0. The maximum Gasteiger partial charge on any atom is 0.200 e. The Morgan fingerprint density at radius 1 is 0.769 bits per heavy atom. The normalized spacial score (nSPS) is 17.3. The van der Waals surface area contributed by atoms with Gasteiger partial charge in [0, 0.05) is 0 Å². The molecule has 0 N–H and O–H groups in total. The zero-order valence-corrected chi connectivity index (χ0v) is 15.6. The van der Waals surface area contributed by atoms with Crippen molar-refractivity contribution in [3.8, 4) is 11.5 Å². The number of ketones is 1. The molecule has 3 nitrogen and oxygen atoms in total. The Balaban J connectivity index is 1.76. The van der Waals surface area contributed by atoms with E-state index in [0.29, 0.717) is 23.0 Å². The van der Waals surface area contributed by atoms with Crippen molar-refractivity contribution >= 4 is 5.78 Å². The Labute approximate surface area is 155 Å². The molecule has 0 atom stereocenters. The van der Waals surface area contributed by atoms with Gasteiger partial charge in [0.2, 0.25) is 0 Å². The fourth-order valence-electron chi connectivity index (χ4n) is 4.15. The molecule has 2 saturated carbocycles. The summed E-state index contributed by atoms with van der Waals surface area (Å²) in [4.78, 5) is 13.4. The van der Waals surface area contributed by atoms with Gasteiger partial charge in [-0.1, -0.05) is 37.1 Å². The Hall–Kier alpha value is -2.29. The van der Waals surface area contributed by atoms with E-state index in [-0.39, 0.29) is 5.78 Å². The first kappa shape index (κ1) is 17.1. The maximum atomic E-state index is 13.4. The zero-order valence-electron chi connectivity index (χ0n) is 15.6. The molecule has 0 amide bonds. The lowest BCUT2D eigenvalue weighted by atomic mass is 9.78. The standard InChI is InChI=1S/C23H26O3/c1-25-22-17(15-7-3-8-15)11-5-13-19(22)21(24)20-14-6-12-18(23(20)26-2)16-9-4-10-16/h5-6,11-16H,3-4,7-10H2,1-2H3. The number of carbonyl (C=O) groups is 1. The summed E-state index contributed by atoms with van der Waals surface area (Å²) in [6, 6.07) is 11.9. The van der Waals surface area contributed by atoms with Crippen LogP contribution in [0, 0.1) is 0 Å². The molecule has 2 aliphatic rings. The van der Waals surface area contributed by atoms with Gasteiger partial charge < -0.3 is 9.47 Å². The highest BCUT2D eigenvalue weighted by Crippen LogP contribution is 2.44. The summed E-state index contributed by atoms with van der Waals surface area (Å²) in [5, 5.41) is 0. The van der Waals surface area contributed by atoms with Crippen LogP contribution in [0.5, 0.6) is 11.5 Å². The number of carbonyl (C=O) groups excluding carboxylic acids is 1. The molecule has 0 radical (unpaired) electrons. The van der Waals surface area contributed by atoms with Gasteiger partial charge in [-0.05, 0) is 60.8 Å². The minimum absolute atomic E-state index is 0.0129. The first-order chi connectivity index (χ1) is 12.7. The summed E-state index contributed by atoms with van der Waals surface area (Å²) in [7, 11) is 3.33. The number of rotatable bonds is 6. The summed E-state index contributed by atoms with van der Waals surface area (Å²) < 4.78 is 11.4. The smallest absolute Gasteiger partial charge is 0.200 e. The van der Waals surface area contributed by atoms with Gasteiger partial charge in [0.05, 0.1) is 25.3 Å². The molecular weight excluding hydrogens is 324 g/mol. The van der Waals surface area contributed by atoms with Crippen molar-refractivity contribution in [3.63, 3.8) is 0 Å². The molecule has 2 aromatic rings. The minimum atomic E-state index is -0.0129. The minimum Gasteiger partial charge on any atom is -0.496 e. The number of ether oxygens (including phenoxy) is 2. The molecular formula is C23H26O3. The van der Waals surface area contributed by atoms with E-state index in [1.54, 1.807) is 14.2 Å². The number of hydrogen-bond donors (Lipinski definition) is 0. The lowest BCUT2D eigenvalue weighted by Gasteiger charge is -2.29. The molecule has 26 heavy (non-hydrogen) atoms. The summed E-state index contributed by atoms with van der Waals surface area (Å²) >= 11 is 0. The van der Waals surface area contributed by atoms with Gasteiger partial charge in [-0.2, -0.15) is 0 Å². The molecule has 2 fully saturated rings. The molecule has 136 valence electrons. The van der Waals surface area contributed by atoms with Crippen molar-refractivity contribution in [1.82, 2.24) is 0 Å². The summed E-state index contributed by atoms with van der Waals surface area (Å²) in [5.74, 6) is 2.49. The van der Waals surface area contributed by atoms with Crippen molar-refractivity contribution in [1.29, 1.82) is 0 Å². The van der Waals surface area contributed by atoms with Gasteiger partial charge in [-0.15, -0.1) is 0 Å². The first-order valence-electron chi connectivity index (χ1n) is 9.63. The number of para-hydroxylation sites is 2. The molecule has 0 bridgehead atoms. The molecule has 4 rings (SSSR count). The zero-order chi connectivity index (χ0) is 18.1. The number of benzene rings is 2. The van der Waals surface area contributed by atoms with Crippen LogP contribution < -0.4 is 9.47 Å². The molecule has 3 heteroatoms. The SMILES string of the molecule is COc1c(C(=O)c2cccc(C3CCC3)c2OC)cccc1C1CCC1. The average molecular weight is 350 g/mol. The quantitative estimate of drug-likeness (QED) is 0.648. The van der Waals surface area contributed by atoms with Crippen LogP contribution >= 0.6 is 0 Å². The second-order valence-electron chi connectivity index (χ2n) is 7.44. The predicted molar refractivity (Wildman–Crippen MR) is 103 cm³/mol. The van der Waals surface area contributed by atoms with Crippen LogP contribution in [0.2, 0.25) is 0 Å². The van der Waals surface area contributed by atoms with E-state index in [9.17, 15) is 4.79 Å². The van der Waals surface area contributed by atoms with Crippen LogP contribution in [0.15, 0.2) is 36.4 Å². The summed E-state index contributed by atoms with van der Waals surface area (Å²) in [6.07, 6.45) is 7.21. The Morgan fingerprint density at radius 2 is 1.19 bits per heavy atom. The van der Waals surface area contributed by atoms with Gasteiger partial charge in [0.1, 0.15) is 11.5 Å². The van der Waals surface area contributed by atoms with Crippen molar-refractivity contribution in [3.05, 3.63) is 58.7 Å². The lowest BCUT2D eigenvalue weighted by Crippen LogP contribution is -2.15. The molecule has 0 spiro atoms. The van der Waals surface area contributed by atoms with Gasteiger partial charge >= 0.3 is 0 Å². The van der Waals surface area contributed by atoms with Gasteiger partial charge in [-0.3, -0.25) is 4.79 Å². The third kappa shape index (κ3) is 2.80. The molecule has 0 saturated heterocycles. The van der Waals surface area contributed by atoms with Crippen LogP contribution in [0.4, 0.5) is 0 Å². The second kappa shape index (κ2) is 7.14. The maximum absolute atomic E-state index is 13.4. The molecule has 0 aromatic heterocycles. The van der Waals surface area contributed by atoms with E-state index in [2.05, 4.69) is 12.1 Å². The van der Waals surface area contributed by atoms with Crippen molar-refractivity contribution in [2.75, 3.05) is 14.2 Å². The van der Waals surface area contributed by atoms with Gasteiger partial charge in [0.15, 0.2) is 5.78 Å². The molecule has 0 aliphatic heterocycles. The van der Waals surface area contributed by atoms with E-state index in [4.69, 9.17) is 9.47 Å². The highest BCUT2D eigenvalue weighted by Gasteiger charge is 2.29. The highest BCUT2D eigenvalue weighted by molar-refractivity contribution is 6.12. The highest BCUT2D eigenvalue weighted by atomic mass is 16.5. The Bertz CT molecular complexity index is 749. The lowest BCUT2D eigenvalue weighted by molar-refractivity contribution is 0.103. The van der Waals surface area contributed by atoms with E-state index in [0.717, 1.165) is 11.5 Å². The van der Waals surface area contributed by atoms with Crippen LogP contribution in [0.1, 0.15) is 77.4 Å². The van der Waals surface area contributed by atoms with E-state index in [1.807, 2.05) is 24.3 Å². The van der Waals surface area contributed by atoms with E-state index >= 15 is 0 Å². The van der Waals surface area contributed by atoms with Crippen molar-refractivity contribution < 1.29 is 14.3 Å². The molecule has 2 aliphatic carbocycles. The van der Waals surface area contributed by atoms with Gasteiger partial charge in [-0.25, -0.2) is 0 Å².